The molecule has 1 aliphatic heterocycles. The van der Waals surface area contributed by atoms with Crippen molar-refractivity contribution >= 4 is 15.8 Å². The molecular weight excluding hydrogens is 244 g/mol. The van der Waals surface area contributed by atoms with Crippen LogP contribution in [-0.4, -0.2) is 61.1 Å². The molecular formula is C10H20N2O4S. The second-order valence-corrected chi connectivity index (χ2v) is 7.12. The third-order valence-electron chi connectivity index (χ3n) is 3.10. The Kier molecular flexibility index (Phi) is 4.51. The second-order valence-electron chi connectivity index (χ2n) is 4.82. The van der Waals surface area contributed by atoms with Gasteiger partial charge in [0.15, 0.2) is 9.84 Å². The minimum atomic E-state index is -2.84. The van der Waals surface area contributed by atoms with E-state index in [1.165, 1.54) is 6.92 Å². The summed E-state index contributed by atoms with van der Waals surface area (Å²) in [6.07, 6.45) is 1.06. The van der Waals surface area contributed by atoms with E-state index in [0.29, 0.717) is 32.5 Å². The predicted molar refractivity (Wildman–Crippen MR) is 64.6 cm³/mol. The number of carboxylic acids is 1. The van der Waals surface area contributed by atoms with Crippen molar-refractivity contribution < 1.29 is 18.3 Å². The van der Waals surface area contributed by atoms with E-state index in [1.807, 2.05) is 4.90 Å². The molecule has 1 fully saturated rings. The Hall–Kier alpha value is -0.660. The molecule has 0 amide bonds. The number of carbonyl (C=O) groups is 1. The van der Waals surface area contributed by atoms with Crippen molar-refractivity contribution in [2.45, 2.75) is 25.3 Å². The Morgan fingerprint density at radius 3 is 2.41 bits per heavy atom. The van der Waals surface area contributed by atoms with Crippen molar-refractivity contribution in [3.8, 4) is 0 Å². The first-order chi connectivity index (χ1) is 7.73. The van der Waals surface area contributed by atoms with Crippen molar-refractivity contribution in [1.29, 1.82) is 0 Å². The van der Waals surface area contributed by atoms with E-state index in [0.717, 1.165) is 0 Å². The van der Waals surface area contributed by atoms with Crippen LogP contribution in [0.1, 0.15) is 19.8 Å². The Morgan fingerprint density at radius 1 is 1.41 bits per heavy atom. The lowest BCUT2D eigenvalue weighted by Crippen LogP contribution is -2.46. The van der Waals surface area contributed by atoms with Gasteiger partial charge in [-0.1, -0.05) is 0 Å². The van der Waals surface area contributed by atoms with Crippen LogP contribution in [-0.2, 0) is 14.6 Å². The molecule has 7 heteroatoms. The monoisotopic (exact) mass is 264 g/mol. The number of aliphatic carboxylic acids is 1. The molecule has 1 unspecified atom stereocenters. The molecule has 6 nitrogen and oxygen atoms in total. The quantitative estimate of drug-likeness (QED) is 0.681. The molecule has 17 heavy (non-hydrogen) atoms. The van der Waals surface area contributed by atoms with Gasteiger partial charge in [-0.05, 0) is 26.3 Å². The first-order valence-corrected chi connectivity index (χ1v) is 7.50. The largest absolute Gasteiger partial charge is 0.480 e. The minimum Gasteiger partial charge on any atom is -0.480 e. The van der Waals surface area contributed by atoms with Crippen LogP contribution in [0.3, 0.4) is 0 Å². The molecule has 0 bridgehead atoms. The highest BCUT2D eigenvalue weighted by Crippen LogP contribution is 2.11. The molecule has 0 radical (unpaired) electrons. The average molecular weight is 264 g/mol. The summed E-state index contributed by atoms with van der Waals surface area (Å²) in [5.74, 6) is -0.601. The summed E-state index contributed by atoms with van der Waals surface area (Å²) in [5, 5.41) is 8.83. The molecule has 1 atom stereocenters. The number of carboxylic acid groups (broad SMARTS) is 1. The number of rotatable bonds is 5. The fourth-order valence-electron chi connectivity index (χ4n) is 1.75. The summed E-state index contributed by atoms with van der Waals surface area (Å²) in [6.45, 7) is 3.28. The lowest BCUT2D eigenvalue weighted by molar-refractivity contribution is -0.142. The van der Waals surface area contributed by atoms with Gasteiger partial charge in [0.05, 0.1) is 11.5 Å². The van der Waals surface area contributed by atoms with Gasteiger partial charge in [0, 0.05) is 13.1 Å². The van der Waals surface area contributed by atoms with Crippen molar-refractivity contribution in [2.75, 3.05) is 31.1 Å². The third-order valence-corrected chi connectivity index (χ3v) is 4.71. The number of hydrogen-bond acceptors (Lipinski definition) is 5. The molecule has 1 rings (SSSR count). The van der Waals surface area contributed by atoms with E-state index in [1.54, 1.807) is 0 Å². The van der Waals surface area contributed by atoms with Gasteiger partial charge in [0.1, 0.15) is 5.54 Å². The number of nitrogens with zero attached hydrogens (tertiary/aromatic N) is 1. The van der Waals surface area contributed by atoms with Crippen LogP contribution in [0.15, 0.2) is 0 Å². The zero-order chi connectivity index (χ0) is 13.1. The van der Waals surface area contributed by atoms with Gasteiger partial charge < -0.3 is 15.7 Å². The lowest BCUT2D eigenvalue weighted by atomic mass is 9.97. The van der Waals surface area contributed by atoms with Crippen LogP contribution in [0.25, 0.3) is 0 Å². The van der Waals surface area contributed by atoms with Crippen LogP contribution in [0.5, 0.6) is 0 Å². The third kappa shape index (κ3) is 4.61. The highest BCUT2D eigenvalue weighted by molar-refractivity contribution is 7.91. The SMILES string of the molecule is CC(N)(CCCN1CCS(=O)(=O)CC1)C(=O)O. The topological polar surface area (TPSA) is 101 Å². The van der Waals surface area contributed by atoms with E-state index in [2.05, 4.69) is 0 Å². The van der Waals surface area contributed by atoms with Gasteiger partial charge in [-0.25, -0.2) is 8.42 Å². The molecule has 0 saturated carbocycles. The fraction of sp³-hybridized carbons (Fsp3) is 0.900. The summed E-state index contributed by atoms with van der Waals surface area (Å²) < 4.78 is 22.4. The summed E-state index contributed by atoms with van der Waals surface area (Å²) in [5.41, 5.74) is 4.41. The van der Waals surface area contributed by atoms with Crippen LogP contribution >= 0.6 is 0 Å². The van der Waals surface area contributed by atoms with E-state index in [9.17, 15) is 13.2 Å². The van der Waals surface area contributed by atoms with E-state index >= 15 is 0 Å². The molecule has 0 spiro atoms. The van der Waals surface area contributed by atoms with Crippen LogP contribution in [0, 0.1) is 0 Å². The Labute approximate surface area is 102 Å². The molecule has 3 N–H and O–H groups in total. The normalized spacial score (nSPS) is 24.1. The maximum absolute atomic E-state index is 11.2. The molecule has 1 heterocycles. The number of nitrogens with two attached hydrogens (primary N) is 1. The minimum absolute atomic E-state index is 0.200. The van der Waals surface area contributed by atoms with Gasteiger partial charge in [-0.15, -0.1) is 0 Å². The van der Waals surface area contributed by atoms with Crippen LogP contribution < -0.4 is 5.73 Å². The summed E-state index contributed by atoms with van der Waals surface area (Å²) >= 11 is 0. The van der Waals surface area contributed by atoms with E-state index in [4.69, 9.17) is 10.8 Å². The van der Waals surface area contributed by atoms with Crippen molar-refractivity contribution in [1.82, 2.24) is 4.90 Å². The zero-order valence-electron chi connectivity index (χ0n) is 10.1. The van der Waals surface area contributed by atoms with Gasteiger partial charge >= 0.3 is 5.97 Å². The van der Waals surface area contributed by atoms with E-state index < -0.39 is 21.3 Å². The molecule has 0 aromatic heterocycles. The Bertz CT molecular complexity index is 364. The van der Waals surface area contributed by atoms with Gasteiger partial charge in [-0.2, -0.15) is 0 Å². The Balaban J connectivity index is 2.27. The van der Waals surface area contributed by atoms with Crippen molar-refractivity contribution in [2.24, 2.45) is 5.73 Å². The standard InChI is InChI=1S/C10H20N2O4S/c1-10(11,9(13)14)3-2-4-12-5-7-17(15,16)8-6-12/h2-8,11H2,1H3,(H,13,14). The number of sulfone groups is 1. The van der Waals surface area contributed by atoms with Gasteiger partial charge in [0.25, 0.3) is 0 Å². The smallest absolute Gasteiger partial charge is 0.323 e. The van der Waals surface area contributed by atoms with Gasteiger partial charge in [0.2, 0.25) is 0 Å². The molecule has 0 aliphatic carbocycles. The molecule has 100 valence electrons. The van der Waals surface area contributed by atoms with Crippen molar-refractivity contribution in [3.63, 3.8) is 0 Å². The second kappa shape index (κ2) is 5.32. The Morgan fingerprint density at radius 2 is 1.94 bits per heavy atom. The fourth-order valence-corrected chi connectivity index (χ4v) is 3.03. The first kappa shape index (κ1) is 14.4. The number of hydrogen-bond donors (Lipinski definition) is 2. The lowest BCUT2D eigenvalue weighted by Gasteiger charge is -2.27. The highest BCUT2D eigenvalue weighted by atomic mass is 32.2. The highest BCUT2D eigenvalue weighted by Gasteiger charge is 2.28. The van der Waals surface area contributed by atoms with Crippen LogP contribution in [0.2, 0.25) is 0 Å². The van der Waals surface area contributed by atoms with Gasteiger partial charge in [-0.3, -0.25) is 4.79 Å². The summed E-state index contributed by atoms with van der Waals surface area (Å²) in [6, 6.07) is 0. The van der Waals surface area contributed by atoms with Crippen molar-refractivity contribution in [3.05, 3.63) is 0 Å². The van der Waals surface area contributed by atoms with Crippen LogP contribution in [0.4, 0.5) is 0 Å². The first-order valence-electron chi connectivity index (χ1n) is 5.68. The maximum Gasteiger partial charge on any atom is 0.323 e. The molecule has 1 saturated heterocycles. The zero-order valence-corrected chi connectivity index (χ0v) is 10.9. The average Bonchev–Trinajstić information content (AvgIpc) is 2.20. The molecule has 0 aromatic rings. The predicted octanol–water partition coefficient (Wildman–Crippen LogP) is -0.701. The summed E-state index contributed by atoms with van der Waals surface area (Å²) in [4.78, 5) is 12.8. The maximum atomic E-state index is 11.2. The molecule has 1 aliphatic rings. The summed E-state index contributed by atoms with van der Waals surface area (Å²) in [7, 11) is -2.84. The van der Waals surface area contributed by atoms with E-state index in [-0.39, 0.29) is 11.5 Å². The molecule has 0 aromatic carbocycles.